The Morgan fingerprint density at radius 2 is 2.25 bits per heavy atom. The molecule has 0 aliphatic carbocycles. The van der Waals surface area contributed by atoms with Gasteiger partial charge in [0.2, 0.25) is 0 Å². The quantitative estimate of drug-likeness (QED) is 0.682. The van der Waals surface area contributed by atoms with Crippen molar-refractivity contribution >= 4 is 11.8 Å². The summed E-state index contributed by atoms with van der Waals surface area (Å²) in [5, 5.41) is 0. The van der Waals surface area contributed by atoms with Crippen LogP contribution in [0.5, 0.6) is 0 Å². The maximum atomic E-state index is 11.6. The van der Waals surface area contributed by atoms with Gasteiger partial charge >= 0.3 is 5.97 Å². The summed E-state index contributed by atoms with van der Waals surface area (Å²) >= 11 is 0. The van der Waals surface area contributed by atoms with Crippen molar-refractivity contribution < 1.29 is 14.3 Å². The predicted octanol–water partition coefficient (Wildman–Crippen LogP) is 1.63. The van der Waals surface area contributed by atoms with Crippen molar-refractivity contribution in [2.24, 2.45) is 0 Å². The highest BCUT2D eigenvalue weighted by Crippen LogP contribution is 2.14. The minimum atomic E-state index is -0.412. The molecule has 1 aliphatic heterocycles. The summed E-state index contributed by atoms with van der Waals surface area (Å²) in [5.41, 5.74) is 0.408. The Labute approximate surface area is 95.6 Å². The molecule has 88 valence electrons. The molecular weight excluding hydrogens is 206 g/mol. The first kappa shape index (κ1) is 12.5. The molecule has 0 saturated heterocycles. The largest absolute Gasteiger partial charge is 0.463 e. The molecule has 1 heterocycles. The molecule has 0 spiro atoms. The fourth-order valence-electron chi connectivity index (χ4n) is 1.35. The van der Waals surface area contributed by atoms with Crippen molar-refractivity contribution in [3.8, 4) is 0 Å². The van der Waals surface area contributed by atoms with Crippen molar-refractivity contribution in [1.29, 1.82) is 0 Å². The highest BCUT2D eigenvalue weighted by atomic mass is 16.5. The second-order valence-corrected chi connectivity index (χ2v) is 3.87. The van der Waals surface area contributed by atoms with Gasteiger partial charge in [-0.15, -0.1) is 0 Å². The van der Waals surface area contributed by atoms with E-state index >= 15 is 0 Å². The van der Waals surface area contributed by atoms with E-state index in [2.05, 4.69) is 0 Å². The molecule has 0 unspecified atom stereocenters. The lowest BCUT2D eigenvalue weighted by atomic mass is 10.1. The highest BCUT2D eigenvalue weighted by Gasteiger charge is 2.18. The van der Waals surface area contributed by atoms with Gasteiger partial charge in [-0.05, 0) is 26.8 Å². The summed E-state index contributed by atoms with van der Waals surface area (Å²) in [6.07, 6.45) is 4.98. The Bertz CT molecular complexity index is 342. The Kier molecular flexibility index (Phi) is 4.28. The Morgan fingerprint density at radius 1 is 1.56 bits per heavy atom. The molecule has 1 rings (SSSR count). The minimum Gasteiger partial charge on any atom is -0.463 e. The van der Waals surface area contributed by atoms with E-state index < -0.39 is 5.97 Å². The van der Waals surface area contributed by atoms with E-state index in [-0.39, 0.29) is 18.2 Å². The van der Waals surface area contributed by atoms with Gasteiger partial charge in [-0.3, -0.25) is 4.79 Å². The van der Waals surface area contributed by atoms with E-state index in [0.29, 0.717) is 12.2 Å². The number of esters is 1. The molecule has 0 amide bonds. The Balaban J connectivity index is 2.90. The second-order valence-electron chi connectivity index (χ2n) is 3.87. The number of carbonyl (C=O) groups is 2. The van der Waals surface area contributed by atoms with Gasteiger partial charge in [0.25, 0.3) is 0 Å². The summed E-state index contributed by atoms with van der Waals surface area (Å²) in [5.74, 6) is -0.493. The normalized spacial score (nSPS) is 16.1. The monoisotopic (exact) mass is 223 g/mol. The second kappa shape index (κ2) is 5.49. The van der Waals surface area contributed by atoms with Crippen LogP contribution in [0, 0.1) is 0 Å². The van der Waals surface area contributed by atoms with Gasteiger partial charge < -0.3 is 9.64 Å². The van der Waals surface area contributed by atoms with E-state index in [4.69, 9.17) is 4.74 Å². The van der Waals surface area contributed by atoms with Crippen LogP contribution in [0.15, 0.2) is 24.0 Å². The van der Waals surface area contributed by atoms with Crippen LogP contribution in [-0.2, 0) is 14.3 Å². The fraction of sp³-hybridized carbons (Fsp3) is 0.500. The predicted molar refractivity (Wildman–Crippen MR) is 60.5 cm³/mol. The van der Waals surface area contributed by atoms with Crippen LogP contribution in [0.25, 0.3) is 0 Å². The van der Waals surface area contributed by atoms with Crippen LogP contribution in [0.4, 0.5) is 0 Å². The fourth-order valence-corrected chi connectivity index (χ4v) is 1.35. The van der Waals surface area contributed by atoms with Gasteiger partial charge in [-0.2, -0.15) is 0 Å². The number of allylic oxidation sites excluding steroid dienone is 1. The van der Waals surface area contributed by atoms with Crippen LogP contribution in [0.2, 0.25) is 0 Å². The average Bonchev–Trinajstić information content (AvgIpc) is 2.40. The molecule has 1 aliphatic rings. The van der Waals surface area contributed by atoms with Crippen molar-refractivity contribution in [2.45, 2.75) is 33.2 Å². The molecule has 0 bridgehead atoms. The SMILES string of the molecule is CCOC(=O)C1=CN(C(C)C)C=CC(=O)C1. The molecular formula is C12H17NO3. The van der Waals surface area contributed by atoms with Crippen LogP contribution < -0.4 is 0 Å². The minimum absolute atomic E-state index is 0.0811. The van der Waals surface area contributed by atoms with Crippen molar-refractivity contribution in [2.75, 3.05) is 6.61 Å². The van der Waals surface area contributed by atoms with Crippen molar-refractivity contribution in [3.05, 3.63) is 24.0 Å². The molecule has 4 heteroatoms. The topological polar surface area (TPSA) is 46.6 Å². The van der Waals surface area contributed by atoms with Crippen LogP contribution in [-0.4, -0.2) is 29.3 Å². The van der Waals surface area contributed by atoms with E-state index in [1.54, 1.807) is 19.3 Å². The number of hydrogen-bond acceptors (Lipinski definition) is 4. The molecule has 0 aromatic carbocycles. The zero-order valence-electron chi connectivity index (χ0n) is 9.90. The van der Waals surface area contributed by atoms with Gasteiger partial charge in [-0.25, -0.2) is 4.79 Å². The van der Waals surface area contributed by atoms with Crippen LogP contribution in [0.1, 0.15) is 27.2 Å². The molecule has 0 saturated carbocycles. The molecule has 0 radical (unpaired) electrons. The van der Waals surface area contributed by atoms with E-state index in [9.17, 15) is 9.59 Å². The summed E-state index contributed by atoms with van der Waals surface area (Å²) in [4.78, 5) is 24.8. The number of carbonyl (C=O) groups excluding carboxylic acids is 2. The van der Waals surface area contributed by atoms with Gasteiger partial charge in [0.1, 0.15) is 0 Å². The maximum Gasteiger partial charge on any atom is 0.335 e. The molecule has 0 fully saturated rings. The van der Waals surface area contributed by atoms with Gasteiger partial charge in [0.05, 0.1) is 12.2 Å². The zero-order chi connectivity index (χ0) is 12.1. The summed E-state index contributed by atoms with van der Waals surface area (Å²) in [7, 11) is 0. The summed E-state index contributed by atoms with van der Waals surface area (Å²) in [6, 6.07) is 0.201. The number of ether oxygens (including phenoxy) is 1. The third-order valence-corrected chi connectivity index (χ3v) is 2.24. The van der Waals surface area contributed by atoms with E-state index in [1.807, 2.05) is 18.7 Å². The van der Waals surface area contributed by atoms with Gasteiger partial charge in [0.15, 0.2) is 5.78 Å². The average molecular weight is 223 g/mol. The van der Waals surface area contributed by atoms with Crippen LogP contribution in [0.3, 0.4) is 0 Å². The lowest BCUT2D eigenvalue weighted by Crippen LogP contribution is -2.20. The number of nitrogens with zero attached hydrogens (tertiary/aromatic N) is 1. The molecule has 4 nitrogen and oxygen atoms in total. The Hall–Kier alpha value is -1.58. The Morgan fingerprint density at radius 3 is 2.81 bits per heavy atom. The van der Waals surface area contributed by atoms with E-state index in [1.165, 1.54) is 6.08 Å². The third-order valence-electron chi connectivity index (χ3n) is 2.24. The molecule has 0 aromatic heterocycles. The molecule has 0 aromatic rings. The molecule has 16 heavy (non-hydrogen) atoms. The van der Waals surface area contributed by atoms with Crippen molar-refractivity contribution in [1.82, 2.24) is 4.90 Å². The first-order valence-corrected chi connectivity index (χ1v) is 5.41. The lowest BCUT2D eigenvalue weighted by molar-refractivity contribution is -0.139. The van der Waals surface area contributed by atoms with E-state index in [0.717, 1.165) is 0 Å². The lowest BCUT2D eigenvalue weighted by Gasteiger charge is -2.20. The number of hydrogen-bond donors (Lipinski definition) is 0. The van der Waals surface area contributed by atoms with Gasteiger partial charge in [-0.1, -0.05) is 0 Å². The maximum absolute atomic E-state index is 11.6. The van der Waals surface area contributed by atoms with Gasteiger partial charge in [0, 0.05) is 24.9 Å². The number of rotatable bonds is 3. The summed E-state index contributed by atoms with van der Waals surface area (Å²) in [6.45, 7) is 6.04. The number of ketones is 1. The summed E-state index contributed by atoms with van der Waals surface area (Å²) < 4.78 is 4.90. The third kappa shape index (κ3) is 3.22. The molecule has 0 atom stereocenters. The van der Waals surface area contributed by atoms with Crippen molar-refractivity contribution in [3.63, 3.8) is 0 Å². The first-order valence-electron chi connectivity index (χ1n) is 5.41. The van der Waals surface area contributed by atoms with Crippen LogP contribution >= 0.6 is 0 Å². The zero-order valence-corrected chi connectivity index (χ0v) is 9.90. The first-order chi connectivity index (χ1) is 7.54. The molecule has 0 N–H and O–H groups in total. The standard InChI is InChI=1S/C12H17NO3/c1-4-16-12(15)10-7-11(14)5-6-13(8-10)9(2)3/h5-6,8-9H,4,7H2,1-3H3. The smallest absolute Gasteiger partial charge is 0.335 e. The highest BCUT2D eigenvalue weighted by molar-refractivity contribution is 6.00.